The van der Waals surface area contributed by atoms with E-state index in [1.54, 1.807) is 24.3 Å². The summed E-state index contributed by atoms with van der Waals surface area (Å²) in [7, 11) is 1.25. The van der Waals surface area contributed by atoms with Crippen LogP contribution in [0.3, 0.4) is 0 Å². The number of halogens is 2. The summed E-state index contributed by atoms with van der Waals surface area (Å²) in [6.45, 7) is 0. The standard InChI is InChI=1S/C25H16Cl2N2O6/c1-34-24(32)14-8-12-17(13-9-14)29-22(30)20(27)21(23(29)31)28-16-10-6-15(7-11-16)25(33)35-19-5-3-2-4-18(19)26/h2-13,28H,1H3. The Morgan fingerprint density at radius 1 is 0.800 bits per heavy atom. The number of hydrogen-bond acceptors (Lipinski definition) is 7. The second-order valence-electron chi connectivity index (χ2n) is 7.20. The fourth-order valence-electron chi connectivity index (χ4n) is 3.23. The molecule has 3 aromatic rings. The molecule has 35 heavy (non-hydrogen) atoms. The maximum atomic E-state index is 12.9. The first kappa shape index (κ1) is 24.0. The van der Waals surface area contributed by atoms with Gasteiger partial charge in [0.25, 0.3) is 11.8 Å². The van der Waals surface area contributed by atoms with Gasteiger partial charge in [-0.05, 0) is 60.7 Å². The van der Waals surface area contributed by atoms with Crippen molar-refractivity contribution in [3.8, 4) is 5.75 Å². The molecule has 1 heterocycles. The van der Waals surface area contributed by atoms with E-state index in [4.69, 9.17) is 27.9 Å². The van der Waals surface area contributed by atoms with Crippen molar-refractivity contribution in [3.63, 3.8) is 0 Å². The minimum absolute atomic E-state index is 0.125. The van der Waals surface area contributed by atoms with Crippen molar-refractivity contribution in [2.45, 2.75) is 0 Å². The molecule has 1 N–H and O–H groups in total. The van der Waals surface area contributed by atoms with E-state index in [0.29, 0.717) is 10.7 Å². The van der Waals surface area contributed by atoms with Gasteiger partial charge in [-0.2, -0.15) is 0 Å². The lowest BCUT2D eigenvalue weighted by molar-refractivity contribution is -0.120. The molecule has 4 rings (SSSR count). The van der Waals surface area contributed by atoms with Gasteiger partial charge in [0.15, 0.2) is 0 Å². The predicted molar refractivity (Wildman–Crippen MR) is 130 cm³/mol. The highest BCUT2D eigenvalue weighted by molar-refractivity contribution is 6.53. The molecule has 0 saturated heterocycles. The first-order chi connectivity index (χ1) is 16.8. The Morgan fingerprint density at radius 2 is 1.40 bits per heavy atom. The number of amides is 2. The molecule has 0 aliphatic carbocycles. The van der Waals surface area contributed by atoms with Crippen LogP contribution in [0.2, 0.25) is 5.02 Å². The quantitative estimate of drug-likeness (QED) is 0.289. The van der Waals surface area contributed by atoms with Crippen LogP contribution in [0.4, 0.5) is 11.4 Å². The van der Waals surface area contributed by atoms with Gasteiger partial charge in [-0.25, -0.2) is 14.5 Å². The molecular weight excluding hydrogens is 495 g/mol. The Hall–Kier alpha value is -4.14. The number of ether oxygens (including phenoxy) is 2. The van der Waals surface area contributed by atoms with Crippen molar-refractivity contribution in [2.75, 3.05) is 17.3 Å². The molecule has 3 aromatic carbocycles. The number of anilines is 2. The van der Waals surface area contributed by atoms with Crippen LogP contribution in [-0.2, 0) is 14.3 Å². The predicted octanol–water partition coefficient (Wildman–Crippen LogP) is 4.78. The molecule has 10 heteroatoms. The minimum Gasteiger partial charge on any atom is -0.465 e. The number of imide groups is 1. The lowest BCUT2D eigenvalue weighted by atomic mass is 10.2. The SMILES string of the molecule is COC(=O)c1ccc(N2C(=O)C(Cl)=C(Nc3ccc(C(=O)Oc4ccccc4Cl)cc3)C2=O)cc1. The molecule has 0 bridgehead atoms. The summed E-state index contributed by atoms with van der Waals surface area (Å²) in [6, 6.07) is 18.4. The van der Waals surface area contributed by atoms with Gasteiger partial charge >= 0.3 is 11.9 Å². The number of methoxy groups -OCH3 is 1. The number of hydrogen-bond donors (Lipinski definition) is 1. The van der Waals surface area contributed by atoms with Crippen LogP contribution in [0.25, 0.3) is 0 Å². The Morgan fingerprint density at radius 3 is 2.03 bits per heavy atom. The molecule has 0 saturated carbocycles. The van der Waals surface area contributed by atoms with E-state index >= 15 is 0 Å². The molecular formula is C25H16Cl2N2O6. The number of esters is 2. The number of nitrogens with one attached hydrogen (secondary N) is 1. The minimum atomic E-state index is -0.718. The summed E-state index contributed by atoms with van der Waals surface area (Å²) in [6.07, 6.45) is 0. The van der Waals surface area contributed by atoms with Crippen molar-refractivity contribution >= 4 is 58.3 Å². The second kappa shape index (κ2) is 10.0. The van der Waals surface area contributed by atoms with E-state index in [2.05, 4.69) is 10.1 Å². The zero-order valence-corrected chi connectivity index (χ0v) is 19.6. The largest absolute Gasteiger partial charge is 0.465 e. The highest BCUT2D eigenvalue weighted by Crippen LogP contribution is 2.30. The van der Waals surface area contributed by atoms with Crippen LogP contribution in [0.15, 0.2) is 83.5 Å². The summed E-state index contributed by atoms with van der Waals surface area (Å²) in [5, 5.41) is 2.83. The average molecular weight is 511 g/mol. The molecule has 8 nitrogen and oxygen atoms in total. The molecule has 0 aromatic heterocycles. The Kier molecular flexibility index (Phi) is 6.86. The molecule has 2 amide bonds. The van der Waals surface area contributed by atoms with Crippen molar-refractivity contribution in [3.05, 3.63) is 99.7 Å². The topological polar surface area (TPSA) is 102 Å². The van der Waals surface area contributed by atoms with Crippen LogP contribution in [-0.4, -0.2) is 30.9 Å². The lowest BCUT2D eigenvalue weighted by Gasteiger charge is -2.15. The molecule has 0 spiro atoms. The maximum Gasteiger partial charge on any atom is 0.343 e. The Bertz CT molecular complexity index is 1370. The molecule has 0 unspecified atom stereocenters. The van der Waals surface area contributed by atoms with Crippen molar-refractivity contribution < 1.29 is 28.7 Å². The lowest BCUT2D eigenvalue weighted by Crippen LogP contribution is -2.32. The summed E-state index contributed by atoms with van der Waals surface area (Å²) >= 11 is 12.2. The van der Waals surface area contributed by atoms with Crippen LogP contribution >= 0.6 is 23.2 Å². The summed E-state index contributed by atoms with van der Waals surface area (Å²) < 4.78 is 9.93. The number of para-hydroxylation sites is 1. The molecule has 0 atom stereocenters. The van der Waals surface area contributed by atoms with Crippen LogP contribution in [0.1, 0.15) is 20.7 Å². The molecule has 1 aliphatic rings. The fourth-order valence-corrected chi connectivity index (χ4v) is 3.62. The van der Waals surface area contributed by atoms with Crippen molar-refractivity contribution in [1.82, 2.24) is 0 Å². The summed E-state index contributed by atoms with van der Waals surface area (Å²) in [5.41, 5.74) is 1.04. The fraction of sp³-hybridized carbons (Fsp3) is 0.0400. The van der Waals surface area contributed by atoms with Crippen LogP contribution < -0.4 is 15.0 Å². The molecule has 0 radical (unpaired) electrons. The van der Waals surface area contributed by atoms with Crippen molar-refractivity contribution in [1.29, 1.82) is 0 Å². The third kappa shape index (κ3) is 4.89. The highest BCUT2D eigenvalue weighted by Gasteiger charge is 2.39. The van der Waals surface area contributed by atoms with E-state index in [1.165, 1.54) is 55.6 Å². The maximum absolute atomic E-state index is 12.9. The molecule has 176 valence electrons. The van der Waals surface area contributed by atoms with Crippen LogP contribution in [0, 0.1) is 0 Å². The van der Waals surface area contributed by atoms with Gasteiger partial charge in [-0.3, -0.25) is 9.59 Å². The molecule has 0 fully saturated rings. The van der Waals surface area contributed by atoms with Gasteiger partial charge < -0.3 is 14.8 Å². The van der Waals surface area contributed by atoms with E-state index in [9.17, 15) is 19.2 Å². The molecule has 1 aliphatic heterocycles. The van der Waals surface area contributed by atoms with E-state index in [-0.39, 0.29) is 33.3 Å². The average Bonchev–Trinajstić information content (AvgIpc) is 3.08. The van der Waals surface area contributed by atoms with Gasteiger partial charge in [0.1, 0.15) is 16.5 Å². The first-order valence-corrected chi connectivity index (χ1v) is 10.9. The number of carbonyl (C=O) groups excluding carboxylic acids is 4. The second-order valence-corrected chi connectivity index (χ2v) is 7.98. The third-order valence-electron chi connectivity index (χ3n) is 5.00. The zero-order chi connectivity index (χ0) is 25.1. The summed E-state index contributed by atoms with van der Waals surface area (Å²) in [4.78, 5) is 50.5. The number of rotatable bonds is 6. The van der Waals surface area contributed by atoms with Gasteiger partial charge in [0, 0.05) is 5.69 Å². The smallest absolute Gasteiger partial charge is 0.343 e. The van der Waals surface area contributed by atoms with E-state index in [1.807, 2.05) is 0 Å². The normalized spacial score (nSPS) is 13.2. The van der Waals surface area contributed by atoms with E-state index < -0.39 is 23.8 Å². The Labute approximate surface area is 209 Å². The van der Waals surface area contributed by atoms with Gasteiger partial charge in [0.2, 0.25) is 0 Å². The Balaban J connectivity index is 1.47. The monoisotopic (exact) mass is 510 g/mol. The highest BCUT2D eigenvalue weighted by atomic mass is 35.5. The van der Waals surface area contributed by atoms with Gasteiger partial charge in [0.05, 0.1) is 28.9 Å². The number of nitrogens with zero attached hydrogens (tertiary/aromatic N) is 1. The van der Waals surface area contributed by atoms with Gasteiger partial charge in [-0.1, -0.05) is 35.3 Å². The van der Waals surface area contributed by atoms with Gasteiger partial charge in [-0.15, -0.1) is 0 Å². The van der Waals surface area contributed by atoms with Crippen molar-refractivity contribution in [2.24, 2.45) is 0 Å². The van der Waals surface area contributed by atoms with E-state index in [0.717, 1.165) is 4.90 Å². The third-order valence-corrected chi connectivity index (χ3v) is 5.67. The van der Waals surface area contributed by atoms with Crippen LogP contribution in [0.5, 0.6) is 5.75 Å². The number of carbonyl (C=O) groups is 4. The summed E-state index contributed by atoms with van der Waals surface area (Å²) in [5.74, 6) is -2.32. The number of benzene rings is 3. The zero-order valence-electron chi connectivity index (χ0n) is 18.1. The first-order valence-electron chi connectivity index (χ1n) is 10.1.